The van der Waals surface area contributed by atoms with E-state index in [1.165, 1.54) is 6.07 Å². The van der Waals surface area contributed by atoms with Gasteiger partial charge >= 0.3 is 5.97 Å². The van der Waals surface area contributed by atoms with Crippen LogP contribution in [0.3, 0.4) is 0 Å². The van der Waals surface area contributed by atoms with Crippen molar-refractivity contribution in [2.24, 2.45) is 0 Å². The van der Waals surface area contributed by atoms with Crippen LogP contribution in [-0.4, -0.2) is 11.1 Å². The third-order valence-corrected chi connectivity index (χ3v) is 3.69. The number of carboxylic acid groups (broad SMARTS) is 1. The van der Waals surface area contributed by atoms with Crippen LogP contribution >= 0.6 is 15.9 Å². The van der Waals surface area contributed by atoms with Gasteiger partial charge in [0.15, 0.2) is 0 Å². The average molecular weight is 338 g/mol. The molecule has 2 aromatic carbocycles. The van der Waals surface area contributed by atoms with Crippen LogP contribution in [0.15, 0.2) is 40.9 Å². The first-order valence-electron chi connectivity index (χ1n) is 5.99. The number of rotatable bonds is 4. The number of carboxylic acids is 1. The molecule has 2 N–H and O–H groups in total. The van der Waals surface area contributed by atoms with E-state index in [-0.39, 0.29) is 11.4 Å². The maximum atomic E-state index is 13.4. The third kappa shape index (κ3) is 3.36. The number of carbonyl (C=O) groups is 1. The number of hydrogen-bond acceptors (Lipinski definition) is 2. The molecule has 0 aromatic heterocycles. The molecule has 0 fully saturated rings. The van der Waals surface area contributed by atoms with E-state index in [0.717, 1.165) is 5.56 Å². The quantitative estimate of drug-likeness (QED) is 0.878. The summed E-state index contributed by atoms with van der Waals surface area (Å²) in [5.41, 5.74) is 2.41. The zero-order chi connectivity index (χ0) is 14.7. The van der Waals surface area contributed by atoms with E-state index in [0.29, 0.717) is 22.3 Å². The van der Waals surface area contributed by atoms with E-state index in [1.54, 1.807) is 37.3 Å². The Bertz CT molecular complexity index is 658. The molecule has 104 valence electrons. The van der Waals surface area contributed by atoms with Gasteiger partial charge in [0.25, 0.3) is 0 Å². The number of benzene rings is 2. The molecule has 5 heteroatoms. The lowest BCUT2D eigenvalue weighted by atomic mass is 10.1. The molecule has 2 rings (SSSR count). The summed E-state index contributed by atoms with van der Waals surface area (Å²) >= 11 is 3.34. The highest BCUT2D eigenvalue weighted by Gasteiger charge is 2.07. The maximum Gasteiger partial charge on any atom is 0.335 e. The molecule has 0 bridgehead atoms. The molecule has 0 spiro atoms. The molecule has 3 nitrogen and oxygen atoms in total. The Hall–Kier alpha value is -1.88. The summed E-state index contributed by atoms with van der Waals surface area (Å²) in [5.74, 6) is -1.22. The van der Waals surface area contributed by atoms with Crippen LogP contribution in [0.5, 0.6) is 0 Å². The van der Waals surface area contributed by atoms with E-state index in [4.69, 9.17) is 5.11 Å². The number of halogens is 2. The zero-order valence-electron chi connectivity index (χ0n) is 10.8. The van der Waals surface area contributed by atoms with Crippen molar-refractivity contribution in [2.45, 2.75) is 13.5 Å². The van der Waals surface area contributed by atoms with E-state index >= 15 is 0 Å². The Morgan fingerprint density at radius 1 is 1.30 bits per heavy atom. The Morgan fingerprint density at radius 3 is 2.65 bits per heavy atom. The van der Waals surface area contributed by atoms with E-state index in [1.807, 2.05) is 0 Å². The number of nitrogens with one attached hydrogen (secondary N) is 1. The molecule has 0 amide bonds. The molecule has 0 saturated heterocycles. The summed E-state index contributed by atoms with van der Waals surface area (Å²) in [4.78, 5) is 10.8. The van der Waals surface area contributed by atoms with Gasteiger partial charge in [-0.05, 0) is 42.3 Å². The van der Waals surface area contributed by atoms with E-state index in [2.05, 4.69) is 21.2 Å². The molecule has 0 aliphatic carbocycles. The fourth-order valence-corrected chi connectivity index (χ4v) is 2.24. The van der Waals surface area contributed by atoms with Gasteiger partial charge in [-0.1, -0.05) is 28.1 Å². The van der Waals surface area contributed by atoms with Crippen molar-refractivity contribution >= 4 is 27.6 Å². The van der Waals surface area contributed by atoms with Gasteiger partial charge in [-0.3, -0.25) is 0 Å². The van der Waals surface area contributed by atoms with Gasteiger partial charge < -0.3 is 10.4 Å². The second-order valence-electron chi connectivity index (χ2n) is 4.43. The molecule has 0 saturated carbocycles. The van der Waals surface area contributed by atoms with Crippen molar-refractivity contribution in [2.75, 3.05) is 5.32 Å². The monoisotopic (exact) mass is 337 g/mol. The van der Waals surface area contributed by atoms with Crippen LogP contribution < -0.4 is 5.32 Å². The van der Waals surface area contributed by atoms with Crippen molar-refractivity contribution in [3.63, 3.8) is 0 Å². The van der Waals surface area contributed by atoms with Gasteiger partial charge in [-0.2, -0.15) is 0 Å². The van der Waals surface area contributed by atoms with Crippen molar-refractivity contribution in [1.29, 1.82) is 0 Å². The van der Waals surface area contributed by atoms with Gasteiger partial charge in [0.2, 0.25) is 0 Å². The Balaban J connectivity index is 2.10. The third-order valence-electron chi connectivity index (χ3n) is 2.95. The molecule has 0 unspecified atom stereocenters. The van der Waals surface area contributed by atoms with Gasteiger partial charge in [0.1, 0.15) is 5.82 Å². The number of aryl methyl sites for hydroxylation is 1. The lowest BCUT2D eigenvalue weighted by Crippen LogP contribution is -2.03. The Kier molecular flexibility index (Phi) is 4.39. The lowest BCUT2D eigenvalue weighted by molar-refractivity contribution is 0.0697. The predicted octanol–water partition coefficient (Wildman–Crippen LogP) is 4.21. The summed E-state index contributed by atoms with van der Waals surface area (Å²) in [6, 6.07) is 9.77. The van der Waals surface area contributed by atoms with Crippen molar-refractivity contribution in [3.8, 4) is 0 Å². The lowest BCUT2D eigenvalue weighted by Gasteiger charge is -2.09. The Labute approximate surface area is 124 Å². The Morgan fingerprint density at radius 2 is 2.05 bits per heavy atom. The summed E-state index contributed by atoms with van der Waals surface area (Å²) in [5, 5.41) is 12.0. The second-order valence-corrected chi connectivity index (χ2v) is 5.28. The molecule has 2 aromatic rings. The van der Waals surface area contributed by atoms with Gasteiger partial charge in [0.05, 0.1) is 5.56 Å². The minimum Gasteiger partial charge on any atom is -0.478 e. The SMILES string of the molecule is Cc1ccc(NCc2ccc(C(=O)O)cc2Br)cc1F. The highest BCUT2D eigenvalue weighted by Crippen LogP contribution is 2.21. The highest BCUT2D eigenvalue weighted by molar-refractivity contribution is 9.10. The summed E-state index contributed by atoms with van der Waals surface area (Å²) in [6.45, 7) is 2.18. The van der Waals surface area contributed by atoms with Gasteiger partial charge in [-0.15, -0.1) is 0 Å². The van der Waals surface area contributed by atoms with E-state index < -0.39 is 5.97 Å². The predicted molar refractivity (Wildman–Crippen MR) is 79.6 cm³/mol. The first-order chi connectivity index (χ1) is 9.47. The molecular formula is C15H13BrFNO2. The fourth-order valence-electron chi connectivity index (χ4n) is 1.72. The van der Waals surface area contributed by atoms with Crippen LogP contribution in [0, 0.1) is 12.7 Å². The molecule has 0 heterocycles. The molecule has 0 atom stereocenters. The van der Waals surface area contributed by atoms with Crippen molar-refractivity contribution in [1.82, 2.24) is 0 Å². The highest BCUT2D eigenvalue weighted by atomic mass is 79.9. The normalized spacial score (nSPS) is 10.3. The maximum absolute atomic E-state index is 13.4. The van der Waals surface area contributed by atoms with Crippen molar-refractivity contribution < 1.29 is 14.3 Å². The van der Waals surface area contributed by atoms with E-state index in [9.17, 15) is 9.18 Å². The molecule has 20 heavy (non-hydrogen) atoms. The molecule has 0 radical (unpaired) electrons. The smallest absolute Gasteiger partial charge is 0.335 e. The average Bonchev–Trinajstić information content (AvgIpc) is 2.41. The molecule has 0 aliphatic rings. The number of anilines is 1. The minimum absolute atomic E-state index is 0.224. The number of hydrogen-bond donors (Lipinski definition) is 2. The second kappa shape index (κ2) is 6.05. The van der Waals surface area contributed by atoms with Crippen LogP contribution in [0.2, 0.25) is 0 Å². The minimum atomic E-state index is -0.967. The summed E-state index contributed by atoms with van der Waals surface area (Å²) in [7, 11) is 0. The first-order valence-corrected chi connectivity index (χ1v) is 6.78. The number of aromatic carboxylic acids is 1. The molecular weight excluding hydrogens is 325 g/mol. The largest absolute Gasteiger partial charge is 0.478 e. The van der Waals surface area contributed by atoms with Gasteiger partial charge in [-0.25, -0.2) is 9.18 Å². The first kappa shape index (κ1) is 14.5. The van der Waals surface area contributed by atoms with Crippen LogP contribution in [0.4, 0.5) is 10.1 Å². The fraction of sp³-hybridized carbons (Fsp3) is 0.133. The van der Waals surface area contributed by atoms with Gasteiger partial charge in [0, 0.05) is 16.7 Å². The molecule has 0 aliphatic heterocycles. The zero-order valence-corrected chi connectivity index (χ0v) is 12.4. The van der Waals surface area contributed by atoms with Crippen molar-refractivity contribution in [3.05, 3.63) is 63.4 Å². The van der Waals surface area contributed by atoms with Crippen LogP contribution in [0.25, 0.3) is 0 Å². The van der Waals surface area contributed by atoms with Crippen LogP contribution in [-0.2, 0) is 6.54 Å². The summed E-state index contributed by atoms with van der Waals surface area (Å²) in [6.07, 6.45) is 0. The topological polar surface area (TPSA) is 49.3 Å². The van der Waals surface area contributed by atoms with Crippen LogP contribution in [0.1, 0.15) is 21.5 Å². The standard InChI is InChI=1S/C15H13BrFNO2/c1-9-2-5-12(7-14(9)17)18-8-11-4-3-10(15(19)20)6-13(11)16/h2-7,18H,8H2,1H3,(H,19,20). The summed E-state index contributed by atoms with van der Waals surface area (Å²) < 4.78 is 14.1.